The zero-order valence-corrected chi connectivity index (χ0v) is 10.4. The fraction of sp³-hybridized carbons (Fsp3) is 0.909. The molecule has 0 heterocycles. The zero-order valence-electron chi connectivity index (χ0n) is 9.55. The first kappa shape index (κ1) is 12.8. The monoisotopic (exact) mass is 230 g/mol. The molecule has 15 heavy (non-hydrogen) atoms. The Kier molecular flexibility index (Phi) is 6.85. The first-order valence-corrected chi connectivity index (χ1v) is 7.21. The van der Waals surface area contributed by atoms with Gasteiger partial charge in [-0.2, -0.15) is 11.8 Å². The van der Waals surface area contributed by atoms with Gasteiger partial charge < -0.3 is 10.6 Å². The van der Waals surface area contributed by atoms with Gasteiger partial charge in [-0.05, 0) is 37.8 Å². The Morgan fingerprint density at radius 1 is 1.40 bits per heavy atom. The summed E-state index contributed by atoms with van der Waals surface area (Å²) in [6, 6.07) is 0.450. The molecule has 4 heteroatoms. The predicted octanol–water partition coefficient (Wildman–Crippen LogP) is 1.39. The second kappa shape index (κ2) is 7.99. The number of thioether (sulfide) groups is 1. The quantitative estimate of drug-likeness (QED) is 0.649. The van der Waals surface area contributed by atoms with Gasteiger partial charge in [0.2, 0.25) is 5.91 Å². The number of amides is 1. The van der Waals surface area contributed by atoms with Gasteiger partial charge in [0.05, 0.1) is 6.54 Å². The summed E-state index contributed by atoms with van der Waals surface area (Å²) in [5.41, 5.74) is 0. The van der Waals surface area contributed by atoms with E-state index in [-0.39, 0.29) is 5.91 Å². The summed E-state index contributed by atoms with van der Waals surface area (Å²) in [7, 11) is 0. The van der Waals surface area contributed by atoms with Crippen LogP contribution in [-0.4, -0.2) is 37.0 Å². The highest BCUT2D eigenvalue weighted by Crippen LogP contribution is 2.17. The molecule has 0 spiro atoms. The van der Waals surface area contributed by atoms with Gasteiger partial charge in [0.15, 0.2) is 0 Å². The van der Waals surface area contributed by atoms with Gasteiger partial charge in [0, 0.05) is 6.04 Å². The highest BCUT2D eigenvalue weighted by Gasteiger charge is 2.16. The normalized spacial score (nSPS) is 16.9. The van der Waals surface area contributed by atoms with Crippen LogP contribution >= 0.6 is 11.8 Å². The van der Waals surface area contributed by atoms with E-state index in [1.54, 1.807) is 0 Å². The van der Waals surface area contributed by atoms with Crippen molar-refractivity contribution in [1.82, 2.24) is 10.6 Å². The molecule has 0 unspecified atom stereocenters. The lowest BCUT2D eigenvalue weighted by atomic mass is 10.2. The summed E-state index contributed by atoms with van der Waals surface area (Å²) in [6.07, 6.45) is 8.11. The molecule has 0 atom stereocenters. The molecular formula is C11H22N2OS. The van der Waals surface area contributed by atoms with Crippen molar-refractivity contribution >= 4 is 17.7 Å². The molecule has 1 fully saturated rings. The number of hydrogen-bond acceptors (Lipinski definition) is 3. The van der Waals surface area contributed by atoms with Crippen LogP contribution in [0.2, 0.25) is 0 Å². The van der Waals surface area contributed by atoms with Crippen molar-refractivity contribution < 1.29 is 4.79 Å². The van der Waals surface area contributed by atoms with Crippen molar-refractivity contribution in [3.05, 3.63) is 0 Å². The number of hydrogen-bond donors (Lipinski definition) is 2. The van der Waals surface area contributed by atoms with Crippen LogP contribution in [0.25, 0.3) is 0 Å². The minimum absolute atomic E-state index is 0.158. The average molecular weight is 230 g/mol. The molecule has 88 valence electrons. The van der Waals surface area contributed by atoms with E-state index in [1.807, 2.05) is 11.8 Å². The van der Waals surface area contributed by atoms with Gasteiger partial charge in [-0.1, -0.05) is 12.8 Å². The molecule has 0 radical (unpaired) electrons. The lowest BCUT2D eigenvalue weighted by Gasteiger charge is -2.12. The molecule has 0 aromatic rings. The summed E-state index contributed by atoms with van der Waals surface area (Å²) in [5, 5.41) is 6.23. The van der Waals surface area contributed by atoms with E-state index >= 15 is 0 Å². The zero-order chi connectivity index (χ0) is 10.9. The molecule has 2 N–H and O–H groups in total. The molecule has 3 nitrogen and oxygen atoms in total. The van der Waals surface area contributed by atoms with Crippen molar-refractivity contribution in [1.29, 1.82) is 0 Å². The molecule has 0 saturated heterocycles. The molecule has 1 saturated carbocycles. The van der Waals surface area contributed by atoms with Crippen molar-refractivity contribution in [2.75, 3.05) is 25.1 Å². The second-order valence-corrected chi connectivity index (χ2v) is 5.06. The van der Waals surface area contributed by atoms with Gasteiger partial charge in [-0.3, -0.25) is 4.79 Å². The Balaban J connectivity index is 1.93. The van der Waals surface area contributed by atoms with Crippen molar-refractivity contribution in [3.8, 4) is 0 Å². The minimum Gasteiger partial charge on any atom is -0.352 e. The van der Waals surface area contributed by atoms with E-state index in [9.17, 15) is 4.79 Å². The average Bonchev–Trinajstić information content (AvgIpc) is 2.70. The van der Waals surface area contributed by atoms with E-state index in [2.05, 4.69) is 16.9 Å². The van der Waals surface area contributed by atoms with E-state index < -0.39 is 0 Å². The van der Waals surface area contributed by atoms with Crippen LogP contribution in [0.15, 0.2) is 0 Å². The molecule has 0 bridgehead atoms. The summed E-state index contributed by atoms with van der Waals surface area (Å²) in [4.78, 5) is 11.5. The standard InChI is InChI=1S/C11H22N2OS/c1-15-8-4-7-12-9-11(14)13-10-5-2-3-6-10/h10,12H,2-9H2,1H3,(H,13,14). The van der Waals surface area contributed by atoms with Crippen LogP contribution in [0, 0.1) is 0 Å². The Morgan fingerprint density at radius 2 is 2.13 bits per heavy atom. The Hall–Kier alpha value is -0.220. The van der Waals surface area contributed by atoms with E-state index in [0.29, 0.717) is 12.6 Å². The summed E-state index contributed by atoms with van der Waals surface area (Å²) < 4.78 is 0. The molecular weight excluding hydrogens is 208 g/mol. The van der Waals surface area contributed by atoms with Crippen LogP contribution in [0.5, 0.6) is 0 Å². The SMILES string of the molecule is CSCCCNCC(=O)NC1CCCC1. The highest BCUT2D eigenvalue weighted by molar-refractivity contribution is 7.98. The van der Waals surface area contributed by atoms with Crippen LogP contribution < -0.4 is 10.6 Å². The van der Waals surface area contributed by atoms with Crippen LogP contribution in [0.1, 0.15) is 32.1 Å². The maximum Gasteiger partial charge on any atom is 0.234 e. The predicted molar refractivity (Wildman–Crippen MR) is 66.3 cm³/mol. The topological polar surface area (TPSA) is 41.1 Å². The molecule has 0 aromatic carbocycles. The second-order valence-electron chi connectivity index (χ2n) is 4.07. The van der Waals surface area contributed by atoms with Gasteiger partial charge in [0.1, 0.15) is 0 Å². The summed E-state index contributed by atoms with van der Waals surface area (Å²) >= 11 is 1.85. The summed E-state index contributed by atoms with van der Waals surface area (Å²) in [5.74, 6) is 1.32. The largest absolute Gasteiger partial charge is 0.352 e. The highest BCUT2D eigenvalue weighted by atomic mass is 32.2. The fourth-order valence-electron chi connectivity index (χ4n) is 1.89. The molecule has 0 aromatic heterocycles. The first-order chi connectivity index (χ1) is 7.33. The van der Waals surface area contributed by atoms with Gasteiger partial charge in [0.25, 0.3) is 0 Å². The first-order valence-electron chi connectivity index (χ1n) is 5.82. The van der Waals surface area contributed by atoms with Crippen molar-refractivity contribution in [2.45, 2.75) is 38.1 Å². The Bertz CT molecular complexity index is 181. The smallest absolute Gasteiger partial charge is 0.234 e. The van der Waals surface area contributed by atoms with Crippen molar-refractivity contribution in [3.63, 3.8) is 0 Å². The van der Waals surface area contributed by atoms with Crippen molar-refractivity contribution in [2.24, 2.45) is 0 Å². The third-order valence-corrected chi connectivity index (χ3v) is 3.40. The molecule has 0 aliphatic heterocycles. The van der Waals surface area contributed by atoms with Gasteiger partial charge >= 0.3 is 0 Å². The maximum atomic E-state index is 11.5. The fourth-order valence-corrected chi connectivity index (χ4v) is 2.33. The Morgan fingerprint density at radius 3 is 2.80 bits per heavy atom. The maximum absolute atomic E-state index is 11.5. The summed E-state index contributed by atoms with van der Waals surface area (Å²) in [6.45, 7) is 1.42. The number of carbonyl (C=O) groups is 1. The van der Waals surface area contributed by atoms with E-state index in [1.165, 1.54) is 12.8 Å². The van der Waals surface area contributed by atoms with Gasteiger partial charge in [-0.25, -0.2) is 0 Å². The number of nitrogens with one attached hydrogen (secondary N) is 2. The van der Waals surface area contributed by atoms with Crippen LogP contribution in [0.3, 0.4) is 0 Å². The van der Waals surface area contributed by atoms with Crippen LogP contribution in [-0.2, 0) is 4.79 Å². The number of carbonyl (C=O) groups excluding carboxylic acids is 1. The number of rotatable bonds is 7. The third kappa shape index (κ3) is 6.05. The molecule has 1 amide bonds. The lowest BCUT2D eigenvalue weighted by molar-refractivity contribution is -0.120. The molecule has 1 aliphatic rings. The van der Waals surface area contributed by atoms with Gasteiger partial charge in [-0.15, -0.1) is 0 Å². The molecule has 1 rings (SSSR count). The molecule has 1 aliphatic carbocycles. The Labute approximate surface area is 96.8 Å². The van der Waals surface area contributed by atoms with E-state index in [0.717, 1.165) is 31.6 Å². The van der Waals surface area contributed by atoms with E-state index in [4.69, 9.17) is 0 Å². The minimum atomic E-state index is 0.158. The lowest BCUT2D eigenvalue weighted by Crippen LogP contribution is -2.39. The third-order valence-electron chi connectivity index (χ3n) is 2.71. The van der Waals surface area contributed by atoms with Crippen LogP contribution in [0.4, 0.5) is 0 Å².